The van der Waals surface area contributed by atoms with Gasteiger partial charge in [0, 0.05) is 10.5 Å². The Labute approximate surface area is 88.2 Å². The number of carbonyl (C=O) groups is 1. The van der Waals surface area contributed by atoms with Crippen molar-refractivity contribution in [1.29, 1.82) is 0 Å². The minimum absolute atomic E-state index is 0.0515. The van der Waals surface area contributed by atoms with Gasteiger partial charge in [-0.2, -0.15) is 0 Å². The number of nitro groups is 1. The Morgan fingerprint density at radius 1 is 1.57 bits per heavy atom. The van der Waals surface area contributed by atoms with Gasteiger partial charge in [0.25, 0.3) is 11.6 Å². The molecule has 5 nitrogen and oxygen atoms in total. The van der Waals surface area contributed by atoms with Crippen LogP contribution in [0, 0.1) is 17.0 Å². The van der Waals surface area contributed by atoms with Gasteiger partial charge in [0.05, 0.1) is 4.92 Å². The summed E-state index contributed by atoms with van der Waals surface area (Å²) < 4.78 is 0.622. The van der Waals surface area contributed by atoms with Crippen LogP contribution in [0.4, 0.5) is 5.69 Å². The molecule has 6 heteroatoms. The zero-order valence-corrected chi connectivity index (χ0v) is 8.87. The Balaban J connectivity index is 3.53. The lowest BCUT2D eigenvalue weighted by Gasteiger charge is -2.04. The van der Waals surface area contributed by atoms with Crippen LogP contribution in [0.25, 0.3) is 0 Å². The molecular formula is C8H7BrN2O3. The molecule has 1 aromatic carbocycles. The van der Waals surface area contributed by atoms with Gasteiger partial charge in [0.1, 0.15) is 5.56 Å². The molecule has 0 aliphatic heterocycles. The summed E-state index contributed by atoms with van der Waals surface area (Å²) in [4.78, 5) is 20.9. The first-order chi connectivity index (χ1) is 6.45. The lowest BCUT2D eigenvalue weighted by Crippen LogP contribution is -2.15. The van der Waals surface area contributed by atoms with E-state index in [0.717, 1.165) is 0 Å². The number of hydrogen-bond donors (Lipinski definition) is 1. The number of hydrogen-bond acceptors (Lipinski definition) is 3. The minimum atomic E-state index is -0.796. The highest BCUT2D eigenvalue weighted by Crippen LogP contribution is 2.27. The molecule has 14 heavy (non-hydrogen) atoms. The van der Waals surface area contributed by atoms with Crippen molar-refractivity contribution in [3.63, 3.8) is 0 Å². The van der Waals surface area contributed by atoms with E-state index in [1.165, 1.54) is 12.1 Å². The van der Waals surface area contributed by atoms with E-state index in [0.29, 0.717) is 10.0 Å². The third-order valence-electron chi connectivity index (χ3n) is 1.82. The second kappa shape index (κ2) is 3.75. The van der Waals surface area contributed by atoms with Crippen molar-refractivity contribution in [3.8, 4) is 0 Å². The van der Waals surface area contributed by atoms with Gasteiger partial charge in [0.2, 0.25) is 0 Å². The predicted molar refractivity (Wildman–Crippen MR) is 54.1 cm³/mol. The van der Waals surface area contributed by atoms with E-state index in [2.05, 4.69) is 15.9 Å². The number of primary amides is 1. The molecule has 0 saturated heterocycles. The van der Waals surface area contributed by atoms with Crippen LogP contribution in [-0.2, 0) is 0 Å². The van der Waals surface area contributed by atoms with Crippen LogP contribution in [0.3, 0.4) is 0 Å². The van der Waals surface area contributed by atoms with Crippen molar-refractivity contribution in [2.75, 3.05) is 0 Å². The summed E-state index contributed by atoms with van der Waals surface area (Å²) in [6.45, 7) is 1.59. The summed E-state index contributed by atoms with van der Waals surface area (Å²) >= 11 is 3.17. The molecule has 0 bridgehead atoms. The number of carbonyl (C=O) groups excluding carboxylic acids is 1. The van der Waals surface area contributed by atoms with Crippen LogP contribution in [0.1, 0.15) is 15.9 Å². The Morgan fingerprint density at radius 2 is 2.14 bits per heavy atom. The Morgan fingerprint density at radius 3 is 2.57 bits per heavy atom. The van der Waals surface area contributed by atoms with Crippen molar-refractivity contribution < 1.29 is 9.72 Å². The molecule has 1 amide bonds. The summed E-state index contributed by atoms with van der Waals surface area (Å²) in [6.07, 6.45) is 0. The molecule has 0 fully saturated rings. The first kappa shape index (κ1) is 10.6. The molecule has 0 saturated carbocycles. The second-order valence-electron chi connectivity index (χ2n) is 2.69. The monoisotopic (exact) mass is 258 g/mol. The minimum Gasteiger partial charge on any atom is -0.365 e. The molecule has 0 spiro atoms. The summed E-state index contributed by atoms with van der Waals surface area (Å²) in [5, 5.41) is 10.6. The third kappa shape index (κ3) is 1.74. The third-order valence-corrected chi connectivity index (χ3v) is 2.68. The molecule has 0 heterocycles. The molecule has 2 N–H and O–H groups in total. The Hall–Kier alpha value is -1.43. The lowest BCUT2D eigenvalue weighted by atomic mass is 10.1. The van der Waals surface area contributed by atoms with Crippen LogP contribution in [-0.4, -0.2) is 10.8 Å². The van der Waals surface area contributed by atoms with Gasteiger partial charge in [-0.15, -0.1) is 0 Å². The largest absolute Gasteiger partial charge is 0.365 e. The van der Waals surface area contributed by atoms with E-state index < -0.39 is 10.8 Å². The predicted octanol–water partition coefficient (Wildman–Crippen LogP) is 1.76. The van der Waals surface area contributed by atoms with Gasteiger partial charge in [-0.3, -0.25) is 14.9 Å². The molecule has 0 aliphatic rings. The van der Waals surface area contributed by atoms with Crippen molar-refractivity contribution in [2.24, 2.45) is 5.73 Å². The van der Waals surface area contributed by atoms with E-state index >= 15 is 0 Å². The van der Waals surface area contributed by atoms with Crippen molar-refractivity contribution >= 4 is 27.5 Å². The van der Waals surface area contributed by atoms with Gasteiger partial charge in [-0.25, -0.2) is 0 Å². The number of halogens is 1. The average Bonchev–Trinajstić information content (AvgIpc) is 2.08. The van der Waals surface area contributed by atoms with Gasteiger partial charge >= 0.3 is 0 Å². The fourth-order valence-corrected chi connectivity index (χ4v) is 1.47. The highest BCUT2D eigenvalue weighted by Gasteiger charge is 2.21. The fourth-order valence-electron chi connectivity index (χ4n) is 1.14. The molecule has 0 aromatic heterocycles. The Bertz CT molecular complexity index is 417. The molecule has 74 valence electrons. The molecule has 0 radical (unpaired) electrons. The first-order valence-electron chi connectivity index (χ1n) is 3.68. The molecule has 1 aromatic rings. The first-order valence-corrected chi connectivity index (χ1v) is 4.47. The maximum Gasteiger partial charge on any atom is 0.282 e. The zero-order chi connectivity index (χ0) is 10.9. The Kier molecular flexibility index (Phi) is 2.85. The van der Waals surface area contributed by atoms with Crippen LogP contribution in [0.5, 0.6) is 0 Å². The topological polar surface area (TPSA) is 86.2 Å². The molecule has 0 unspecified atom stereocenters. The van der Waals surface area contributed by atoms with Crippen LogP contribution in [0.2, 0.25) is 0 Å². The van der Waals surface area contributed by atoms with Crippen molar-refractivity contribution in [2.45, 2.75) is 6.92 Å². The fraction of sp³-hybridized carbons (Fsp3) is 0.125. The van der Waals surface area contributed by atoms with E-state index in [9.17, 15) is 14.9 Å². The summed E-state index contributed by atoms with van der Waals surface area (Å²) in [6, 6.07) is 2.76. The van der Waals surface area contributed by atoms with Crippen LogP contribution < -0.4 is 5.73 Å². The highest BCUT2D eigenvalue weighted by atomic mass is 79.9. The number of nitrogens with zero attached hydrogens (tertiary/aromatic N) is 1. The van der Waals surface area contributed by atoms with E-state index in [-0.39, 0.29) is 11.3 Å². The smallest absolute Gasteiger partial charge is 0.282 e. The van der Waals surface area contributed by atoms with Crippen LogP contribution >= 0.6 is 15.9 Å². The number of rotatable bonds is 2. The summed E-state index contributed by atoms with van der Waals surface area (Å²) in [5.74, 6) is -0.796. The SMILES string of the molecule is Cc1c(Br)ccc([N+](=O)[O-])c1C(N)=O. The normalized spacial score (nSPS) is 9.86. The summed E-state index contributed by atoms with van der Waals surface area (Å²) in [7, 11) is 0. The molecule has 1 rings (SSSR count). The highest BCUT2D eigenvalue weighted by molar-refractivity contribution is 9.10. The van der Waals surface area contributed by atoms with Gasteiger partial charge in [0.15, 0.2) is 0 Å². The standard InChI is InChI=1S/C8H7BrN2O3/c1-4-5(9)2-3-6(11(13)14)7(4)8(10)12/h2-3H,1H3,(H2,10,12). The van der Waals surface area contributed by atoms with E-state index in [1.807, 2.05) is 0 Å². The van der Waals surface area contributed by atoms with Gasteiger partial charge in [-0.05, 0) is 18.6 Å². The van der Waals surface area contributed by atoms with E-state index in [4.69, 9.17) is 5.73 Å². The van der Waals surface area contributed by atoms with Crippen molar-refractivity contribution in [3.05, 3.63) is 37.8 Å². The second-order valence-corrected chi connectivity index (χ2v) is 3.54. The maximum atomic E-state index is 11.0. The molecule has 0 aliphatic carbocycles. The van der Waals surface area contributed by atoms with Crippen molar-refractivity contribution in [1.82, 2.24) is 0 Å². The maximum absolute atomic E-state index is 11.0. The quantitative estimate of drug-likeness (QED) is 0.648. The average molecular weight is 259 g/mol. The zero-order valence-electron chi connectivity index (χ0n) is 7.28. The summed E-state index contributed by atoms with van der Waals surface area (Å²) in [5.41, 5.74) is 5.22. The molecular weight excluding hydrogens is 252 g/mol. The number of amides is 1. The lowest BCUT2D eigenvalue weighted by molar-refractivity contribution is -0.385. The number of nitro benzene ring substituents is 1. The van der Waals surface area contributed by atoms with Crippen LogP contribution in [0.15, 0.2) is 16.6 Å². The number of benzene rings is 1. The van der Waals surface area contributed by atoms with E-state index in [1.54, 1.807) is 6.92 Å². The van der Waals surface area contributed by atoms with Gasteiger partial charge < -0.3 is 5.73 Å². The molecule has 0 atom stereocenters. The van der Waals surface area contributed by atoms with Gasteiger partial charge in [-0.1, -0.05) is 15.9 Å². The number of nitrogens with two attached hydrogens (primary N) is 1.